The van der Waals surface area contributed by atoms with E-state index in [0.29, 0.717) is 5.56 Å². The Balaban J connectivity index is 1.69. The number of hydrogen-bond donors (Lipinski definition) is 1. The number of sulfonamides is 1. The summed E-state index contributed by atoms with van der Waals surface area (Å²) in [6, 6.07) is 9.90. The van der Waals surface area contributed by atoms with E-state index in [9.17, 15) is 13.2 Å². The fraction of sp³-hybridized carbons (Fsp3) is 0.312. The Bertz CT molecular complexity index is 762. The number of nitrogens with zero attached hydrogens (tertiary/aromatic N) is 1. The Morgan fingerprint density at radius 3 is 2.43 bits per heavy atom. The first-order valence-corrected chi connectivity index (χ1v) is 9.84. The van der Waals surface area contributed by atoms with Crippen molar-refractivity contribution in [3.8, 4) is 0 Å². The van der Waals surface area contributed by atoms with Gasteiger partial charge in [0.2, 0.25) is 10.0 Å². The number of thiophene rings is 1. The molecule has 7 heteroatoms. The molecule has 3 rings (SSSR count). The van der Waals surface area contributed by atoms with Crippen LogP contribution in [0.3, 0.4) is 0 Å². The van der Waals surface area contributed by atoms with E-state index in [1.54, 1.807) is 17.0 Å². The summed E-state index contributed by atoms with van der Waals surface area (Å²) in [5, 5.41) is 1.91. The fourth-order valence-electron chi connectivity index (χ4n) is 2.54. The van der Waals surface area contributed by atoms with Crippen molar-refractivity contribution < 1.29 is 13.2 Å². The fourth-order valence-corrected chi connectivity index (χ4v) is 4.28. The molecule has 1 aliphatic heterocycles. The van der Waals surface area contributed by atoms with Crippen LogP contribution in [0.15, 0.2) is 46.7 Å². The van der Waals surface area contributed by atoms with Crippen molar-refractivity contribution in [2.75, 3.05) is 13.1 Å². The lowest BCUT2D eigenvalue weighted by molar-refractivity contribution is 0.0792. The number of amides is 1. The second kappa shape index (κ2) is 6.82. The molecule has 0 atom stereocenters. The van der Waals surface area contributed by atoms with Crippen LogP contribution in [0.5, 0.6) is 0 Å². The lowest BCUT2D eigenvalue weighted by Gasteiger charge is -2.15. The summed E-state index contributed by atoms with van der Waals surface area (Å²) < 4.78 is 27.1. The quantitative estimate of drug-likeness (QED) is 0.901. The monoisotopic (exact) mass is 350 g/mol. The summed E-state index contributed by atoms with van der Waals surface area (Å²) >= 11 is 1.50. The van der Waals surface area contributed by atoms with Crippen molar-refractivity contribution in [3.05, 3.63) is 52.2 Å². The first-order valence-electron chi connectivity index (χ1n) is 7.48. The van der Waals surface area contributed by atoms with E-state index < -0.39 is 10.0 Å². The number of hydrogen-bond acceptors (Lipinski definition) is 4. The highest BCUT2D eigenvalue weighted by Gasteiger charge is 2.20. The minimum Gasteiger partial charge on any atom is -0.339 e. The SMILES string of the molecule is O=C(c1ccc(S(=O)(=O)NCc2cccs2)cc1)N1CCCC1. The van der Waals surface area contributed by atoms with Gasteiger partial charge in [0, 0.05) is 30.1 Å². The van der Waals surface area contributed by atoms with Gasteiger partial charge in [-0.2, -0.15) is 0 Å². The van der Waals surface area contributed by atoms with Gasteiger partial charge < -0.3 is 4.90 Å². The Labute approximate surface area is 140 Å². The summed E-state index contributed by atoms with van der Waals surface area (Å²) in [7, 11) is -3.57. The van der Waals surface area contributed by atoms with E-state index in [1.807, 2.05) is 17.5 Å². The van der Waals surface area contributed by atoms with E-state index >= 15 is 0 Å². The van der Waals surface area contributed by atoms with E-state index in [1.165, 1.54) is 23.5 Å². The van der Waals surface area contributed by atoms with Crippen LogP contribution >= 0.6 is 11.3 Å². The molecule has 1 aromatic carbocycles. The molecule has 0 radical (unpaired) electrons. The van der Waals surface area contributed by atoms with E-state index in [4.69, 9.17) is 0 Å². The molecule has 23 heavy (non-hydrogen) atoms. The minimum absolute atomic E-state index is 0.0296. The first-order chi connectivity index (χ1) is 11.1. The maximum Gasteiger partial charge on any atom is 0.253 e. The standard InChI is InChI=1S/C16H18N2O3S2/c19-16(18-9-1-2-10-18)13-5-7-15(8-6-13)23(20,21)17-12-14-4-3-11-22-14/h3-8,11,17H,1-2,9-10,12H2. The van der Waals surface area contributed by atoms with Gasteiger partial charge in [0.15, 0.2) is 0 Å². The Morgan fingerprint density at radius 2 is 1.83 bits per heavy atom. The largest absolute Gasteiger partial charge is 0.339 e. The number of likely N-dealkylation sites (tertiary alicyclic amines) is 1. The van der Waals surface area contributed by atoms with Gasteiger partial charge in [0.1, 0.15) is 0 Å². The van der Waals surface area contributed by atoms with Crippen molar-refractivity contribution in [1.29, 1.82) is 0 Å². The molecular weight excluding hydrogens is 332 g/mol. The molecule has 1 N–H and O–H groups in total. The van der Waals surface area contributed by atoms with Gasteiger partial charge in [-0.25, -0.2) is 13.1 Å². The van der Waals surface area contributed by atoms with Crippen LogP contribution in [0.4, 0.5) is 0 Å². The lowest BCUT2D eigenvalue weighted by atomic mass is 10.2. The smallest absolute Gasteiger partial charge is 0.253 e. The summed E-state index contributed by atoms with van der Waals surface area (Å²) in [6.45, 7) is 1.83. The maximum atomic E-state index is 12.3. The third kappa shape index (κ3) is 3.80. The number of benzene rings is 1. The van der Waals surface area contributed by atoms with Crippen LogP contribution in [0.1, 0.15) is 28.1 Å². The van der Waals surface area contributed by atoms with Crippen LogP contribution in [0, 0.1) is 0 Å². The van der Waals surface area contributed by atoms with E-state index in [2.05, 4.69) is 4.72 Å². The van der Waals surface area contributed by atoms with Crippen molar-refractivity contribution in [3.63, 3.8) is 0 Å². The van der Waals surface area contributed by atoms with Gasteiger partial charge in [-0.3, -0.25) is 4.79 Å². The molecule has 0 aliphatic carbocycles. The summed E-state index contributed by atoms with van der Waals surface area (Å²) in [5.41, 5.74) is 0.532. The highest BCUT2D eigenvalue weighted by atomic mass is 32.2. The summed E-state index contributed by atoms with van der Waals surface area (Å²) in [6.07, 6.45) is 2.07. The Morgan fingerprint density at radius 1 is 1.13 bits per heavy atom. The summed E-state index contributed by atoms with van der Waals surface area (Å²) in [4.78, 5) is 15.2. The van der Waals surface area contributed by atoms with E-state index in [0.717, 1.165) is 30.8 Å². The number of rotatable bonds is 5. The average molecular weight is 350 g/mol. The highest BCUT2D eigenvalue weighted by molar-refractivity contribution is 7.89. The molecule has 122 valence electrons. The molecule has 1 fully saturated rings. The Hall–Kier alpha value is -1.70. The minimum atomic E-state index is -3.57. The molecule has 2 aromatic rings. The van der Waals surface area contributed by atoms with Gasteiger partial charge in [0.25, 0.3) is 5.91 Å². The highest BCUT2D eigenvalue weighted by Crippen LogP contribution is 2.16. The molecule has 0 spiro atoms. The normalized spacial score (nSPS) is 15.0. The number of carbonyl (C=O) groups is 1. The number of carbonyl (C=O) groups excluding carboxylic acids is 1. The zero-order valence-corrected chi connectivity index (χ0v) is 14.2. The molecule has 2 heterocycles. The van der Waals surface area contributed by atoms with Crippen molar-refractivity contribution >= 4 is 27.3 Å². The van der Waals surface area contributed by atoms with Crippen LogP contribution in [-0.2, 0) is 16.6 Å². The van der Waals surface area contributed by atoms with Crippen molar-refractivity contribution in [1.82, 2.24) is 9.62 Å². The zero-order chi connectivity index (χ0) is 16.3. The van der Waals surface area contributed by atoms with Crippen LogP contribution < -0.4 is 4.72 Å². The topological polar surface area (TPSA) is 66.5 Å². The van der Waals surface area contributed by atoms with Gasteiger partial charge >= 0.3 is 0 Å². The summed E-state index contributed by atoms with van der Waals surface area (Å²) in [5.74, 6) is -0.0296. The predicted octanol–water partition coefficient (Wildman–Crippen LogP) is 2.46. The molecule has 1 saturated heterocycles. The predicted molar refractivity (Wildman–Crippen MR) is 89.9 cm³/mol. The zero-order valence-electron chi connectivity index (χ0n) is 12.6. The molecule has 1 aliphatic rings. The van der Waals surface area contributed by atoms with Crippen molar-refractivity contribution in [2.24, 2.45) is 0 Å². The molecule has 0 bridgehead atoms. The van der Waals surface area contributed by atoms with Gasteiger partial charge in [0.05, 0.1) is 4.90 Å². The third-order valence-corrected chi connectivity index (χ3v) is 6.11. The third-order valence-electron chi connectivity index (χ3n) is 3.82. The van der Waals surface area contributed by atoms with Gasteiger partial charge in [-0.15, -0.1) is 11.3 Å². The Kier molecular flexibility index (Phi) is 4.79. The van der Waals surface area contributed by atoms with Crippen LogP contribution in [0.25, 0.3) is 0 Å². The molecule has 1 amide bonds. The molecule has 5 nitrogen and oxygen atoms in total. The van der Waals surface area contributed by atoms with Gasteiger partial charge in [-0.05, 0) is 48.6 Å². The first kappa shape index (κ1) is 16.2. The molecule has 0 unspecified atom stereocenters. The number of nitrogens with one attached hydrogen (secondary N) is 1. The van der Waals surface area contributed by atoms with E-state index in [-0.39, 0.29) is 17.3 Å². The lowest BCUT2D eigenvalue weighted by Crippen LogP contribution is -2.27. The van der Waals surface area contributed by atoms with Gasteiger partial charge in [-0.1, -0.05) is 6.07 Å². The average Bonchev–Trinajstić information content (AvgIpc) is 3.26. The van der Waals surface area contributed by atoms with Crippen LogP contribution in [-0.4, -0.2) is 32.3 Å². The second-order valence-corrected chi connectivity index (χ2v) is 8.23. The molecular formula is C16H18N2O3S2. The second-order valence-electron chi connectivity index (χ2n) is 5.43. The molecule has 1 aromatic heterocycles. The van der Waals surface area contributed by atoms with Crippen LogP contribution in [0.2, 0.25) is 0 Å². The maximum absolute atomic E-state index is 12.3. The molecule has 0 saturated carbocycles. The van der Waals surface area contributed by atoms with Crippen molar-refractivity contribution in [2.45, 2.75) is 24.3 Å².